The molecule has 9 nitrogen and oxygen atoms in total. The van der Waals surface area contributed by atoms with Crippen molar-refractivity contribution in [2.45, 2.75) is 25.3 Å². The number of pyridine rings is 2. The average Bonchev–Trinajstić information content (AvgIpc) is 2.78. The number of likely N-dealkylation sites (tertiary alicyclic amines) is 1. The van der Waals surface area contributed by atoms with Gasteiger partial charge in [-0.1, -0.05) is 23.7 Å². The quantitative estimate of drug-likeness (QED) is 0.491. The molecule has 11 heteroatoms. The van der Waals surface area contributed by atoms with Crippen molar-refractivity contribution in [3.8, 4) is 0 Å². The number of piperidine rings is 1. The van der Waals surface area contributed by atoms with Crippen LogP contribution in [0.15, 0.2) is 47.4 Å². The Morgan fingerprint density at radius 2 is 1.88 bits per heavy atom. The number of benzene rings is 1. The summed E-state index contributed by atoms with van der Waals surface area (Å²) in [6.45, 7) is 1.08. The topological polar surface area (TPSA) is 122 Å². The molecule has 34 heavy (non-hydrogen) atoms. The second-order valence-electron chi connectivity index (χ2n) is 8.49. The SMILES string of the molecule is CS(=O)(=O)CCn1ccc2cc(Cl)nc(Nc3ccc(C4CCN(C(=O)O)CC4)cc3)c2c1=O. The molecule has 3 aromatic rings. The molecule has 0 saturated carbocycles. The van der Waals surface area contributed by atoms with Crippen molar-refractivity contribution >= 4 is 49.8 Å². The maximum absolute atomic E-state index is 13.1. The first kappa shape index (κ1) is 24.0. The van der Waals surface area contributed by atoms with Gasteiger partial charge in [0.1, 0.15) is 20.8 Å². The van der Waals surface area contributed by atoms with E-state index in [1.807, 2.05) is 24.3 Å². The van der Waals surface area contributed by atoms with Crippen LogP contribution in [-0.2, 0) is 16.4 Å². The summed E-state index contributed by atoms with van der Waals surface area (Å²) in [7, 11) is -3.22. The van der Waals surface area contributed by atoms with Gasteiger partial charge in [-0.2, -0.15) is 0 Å². The zero-order valence-electron chi connectivity index (χ0n) is 18.6. The molecular formula is C23H25ClN4O5S. The van der Waals surface area contributed by atoms with Crippen LogP contribution >= 0.6 is 11.6 Å². The van der Waals surface area contributed by atoms with E-state index in [9.17, 15) is 18.0 Å². The van der Waals surface area contributed by atoms with Crippen LogP contribution in [0, 0.1) is 0 Å². The van der Waals surface area contributed by atoms with Crippen molar-refractivity contribution in [2.24, 2.45) is 0 Å². The predicted octanol–water partition coefficient (Wildman–Crippen LogP) is 3.70. The summed E-state index contributed by atoms with van der Waals surface area (Å²) < 4.78 is 24.4. The Bertz CT molecular complexity index is 1380. The molecule has 2 N–H and O–H groups in total. The number of aryl methyl sites for hydroxylation is 1. The van der Waals surface area contributed by atoms with E-state index in [-0.39, 0.29) is 28.9 Å². The first-order valence-corrected chi connectivity index (χ1v) is 13.3. The molecule has 1 amide bonds. The third-order valence-corrected chi connectivity index (χ3v) is 7.16. The monoisotopic (exact) mass is 504 g/mol. The number of nitrogens with zero attached hydrogens (tertiary/aromatic N) is 3. The minimum atomic E-state index is -3.22. The molecule has 0 atom stereocenters. The molecule has 0 unspecified atom stereocenters. The van der Waals surface area contributed by atoms with Crippen LogP contribution in [0.5, 0.6) is 0 Å². The highest BCUT2D eigenvalue weighted by atomic mass is 35.5. The average molecular weight is 505 g/mol. The molecule has 0 radical (unpaired) electrons. The third-order valence-electron chi connectivity index (χ3n) is 6.04. The second kappa shape index (κ2) is 9.63. The maximum atomic E-state index is 13.1. The molecule has 1 saturated heterocycles. The van der Waals surface area contributed by atoms with Gasteiger partial charge in [0, 0.05) is 37.8 Å². The van der Waals surface area contributed by atoms with Crippen molar-refractivity contribution in [2.75, 3.05) is 30.4 Å². The fraction of sp³-hybridized carbons (Fsp3) is 0.348. The Balaban J connectivity index is 1.58. The number of fused-ring (bicyclic) bond motifs is 1. The second-order valence-corrected chi connectivity index (χ2v) is 11.1. The molecule has 0 aliphatic carbocycles. The normalized spacial score (nSPS) is 14.9. The van der Waals surface area contributed by atoms with E-state index in [1.54, 1.807) is 18.3 Å². The number of amides is 1. The first-order valence-electron chi connectivity index (χ1n) is 10.8. The molecule has 0 spiro atoms. The van der Waals surface area contributed by atoms with Crippen molar-refractivity contribution in [3.63, 3.8) is 0 Å². The van der Waals surface area contributed by atoms with Gasteiger partial charge in [0.05, 0.1) is 11.1 Å². The zero-order chi connectivity index (χ0) is 24.5. The number of carboxylic acid groups (broad SMARTS) is 1. The minimum absolute atomic E-state index is 0.0467. The summed E-state index contributed by atoms with van der Waals surface area (Å²) in [6.07, 6.45) is 3.35. The van der Waals surface area contributed by atoms with Crippen LogP contribution in [-0.4, -0.2) is 59.2 Å². The molecule has 1 aliphatic heterocycles. The largest absolute Gasteiger partial charge is 0.465 e. The number of nitrogens with one attached hydrogen (secondary N) is 1. The lowest BCUT2D eigenvalue weighted by atomic mass is 9.89. The third kappa shape index (κ3) is 5.51. The highest BCUT2D eigenvalue weighted by Crippen LogP contribution is 2.30. The van der Waals surface area contributed by atoms with E-state index in [0.717, 1.165) is 24.7 Å². The summed E-state index contributed by atoms with van der Waals surface area (Å²) in [6, 6.07) is 11.1. The Labute approximate surface area is 201 Å². The van der Waals surface area contributed by atoms with Crippen LogP contribution in [0.4, 0.5) is 16.3 Å². The lowest BCUT2D eigenvalue weighted by Gasteiger charge is -2.30. The molecule has 0 bridgehead atoms. The van der Waals surface area contributed by atoms with E-state index in [0.29, 0.717) is 35.4 Å². The van der Waals surface area contributed by atoms with Crippen LogP contribution < -0.4 is 10.9 Å². The van der Waals surface area contributed by atoms with Gasteiger partial charge in [0.15, 0.2) is 0 Å². The Hall–Kier alpha value is -3.11. The highest BCUT2D eigenvalue weighted by molar-refractivity contribution is 7.90. The van der Waals surface area contributed by atoms with Crippen LogP contribution in [0.2, 0.25) is 5.15 Å². The van der Waals surface area contributed by atoms with Crippen molar-refractivity contribution in [1.82, 2.24) is 14.5 Å². The summed E-state index contributed by atoms with van der Waals surface area (Å²) in [5, 5.41) is 13.4. The Kier molecular flexibility index (Phi) is 6.81. The predicted molar refractivity (Wildman–Crippen MR) is 132 cm³/mol. The summed E-state index contributed by atoms with van der Waals surface area (Å²) >= 11 is 6.18. The van der Waals surface area contributed by atoms with Crippen molar-refractivity contribution in [1.29, 1.82) is 0 Å². The van der Waals surface area contributed by atoms with E-state index in [2.05, 4.69) is 10.3 Å². The molecule has 2 aromatic heterocycles. The number of carbonyl (C=O) groups is 1. The van der Waals surface area contributed by atoms with Gasteiger partial charge in [-0.25, -0.2) is 18.2 Å². The van der Waals surface area contributed by atoms with E-state index in [1.165, 1.54) is 9.47 Å². The number of hydrogen-bond donors (Lipinski definition) is 2. The summed E-state index contributed by atoms with van der Waals surface area (Å²) in [4.78, 5) is 30.0. The van der Waals surface area contributed by atoms with Gasteiger partial charge in [-0.15, -0.1) is 0 Å². The Morgan fingerprint density at radius 3 is 2.50 bits per heavy atom. The standard InChI is InChI=1S/C23H25ClN4O5S/c1-34(32,33)13-12-27-9-8-17-14-19(24)26-21(20(17)22(27)29)25-18-4-2-15(3-5-18)16-6-10-28(11-7-16)23(30)31/h2-5,8-9,14,16H,6-7,10-13H2,1H3,(H,25,26)(H,30,31). The smallest absolute Gasteiger partial charge is 0.407 e. The molecule has 180 valence electrons. The molecule has 1 aliphatic rings. The fourth-order valence-electron chi connectivity index (χ4n) is 4.18. The van der Waals surface area contributed by atoms with Crippen molar-refractivity contribution < 1.29 is 18.3 Å². The van der Waals surface area contributed by atoms with Gasteiger partial charge < -0.3 is 19.9 Å². The van der Waals surface area contributed by atoms with Crippen LogP contribution in [0.3, 0.4) is 0 Å². The zero-order valence-corrected chi connectivity index (χ0v) is 20.1. The molecule has 3 heterocycles. The van der Waals surface area contributed by atoms with Crippen LogP contribution in [0.1, 0.15) is 24.3 Å². The lowest BCUT2D eigenvalue weighted by molar-refractivity contribution is 0.132. The summed E-state index contributed by atoms with van der Waals surface area (Å²) in [5.74, 6) is 0.440. The number of sulfone groups is 1. The van der Waals surface area contributed by atoms with Gasteiger partial charge in [0.25, 0.3) is 5.56 Å². The van der Waals surface area contributed by atoms with E-state index >= 15 is 0 Å². The number of anilines is 2. The number of aromatic nitrogens is 2. The maximum Gasteiger partial charge on any atom is 0.407 e. The number of rotatable bonds is 6. The first-order chi connectivity index (χ1) is 16.1. The van der Waals surface area contributed by atoms with Gasteiger partial charge in [-0.05, 0) is 54.0 Å². The highest BCUT2D eigenvalue weighted by Gasteiger charge is 2.23. The minimum Gasteiger partial charge on any atom is -0.465 e. The molecular weight excluding hydrogens is 480 g/mol. The van der Waals surface area contributed by atoms with Gasteiger partial charge in [0.2, 0.25) is 0 Å². The number of hydrogen-bond acceptors (Lipinski definition) is 6. The molecule has 1 aromatic carbocycles. The Morgan fingerprint density at radius 1 is 1.21 bits per heavy atom. The van der Waals surface area contributed by atoms with Gasteiger partial charge in [-0.3, -0.25) is 4.79 Å². The fourth-order valence-corrected chi connectivity index (χ4v) is 4.91. The van der Waals surface area contributed by atoms with E-state index < -0.39 is 15.9 Å². The van der Waals surface area contributed by atoms with Crippen molar-refractivity contribution in [3.05, 3.63) is 63.7 Å². The number of halogens is 1. The lowest BCUT2D eigenvalue weighted by Crippen LogP contribution is -2.36. The van der Waals surface area contributed by atoms with E-state index in [4.69, 9.17) is 16.7 Å². The molecule has 1 fully saturated rings. The summed E-state index contributed by atoms with van der Waals surface area (Å²) in [5.41, 5.74) is 1.49. The molecule has 4 rings (SSSR count). The van der Waals surface area contributed by atoms with Crippen LogP contribution in [0.25, 0.3) is 10.8 Å². The van der Waals surface area contributed by atoms with Gasteiger partial charge >= 0.3 is 6.09 Å².